The van der Waals surface area contributed by atoms with E-state index >= 15 is 0 Å². The minimum Gasteiger partial charge on any atom is -0.329 e. The van der Waals surface area contributed by atoms with Crippen LogP contribution < -0.4 is 0 Å². The predicted octanol–water partition coefficient (Wildman–Crippen LogP) is 2.65. The first-order chi connectivity index (χ1) is 13.1. The average molecular weight is 364 g/mol. The highest BCUT2D eigenvalue weighted by atomic mass is 16.7. The van der Waals surface area contributed by atoms with Gasteiger partial charge >= 0.3 is 5.97 Å². The van der Waals surface area contributed by atoms with Crippen LogP contribution in [-0.4, -0.2) is 40.8 Å². The number of hydrogen-bond acceptors (Lipinski definition) is 5. The fraction of sp³-hybridized carbons (Fsp3) is 0.286. The lowest BCUT2D eigenvalue weighted by atomic mass is 9.98. The highest BCUT2D eigenvalue weighted by molar-refractivity contribution is 6.20. The fourth-order valence-electron chi connectivity index (χ4n) is 3.65. The monoisotopic (exact) mass is 364 g/mol. The summed E-state index contributed by atoms with van der Waals surface area (Å²) in [6.45, 7) is 2.22. The van der Waals surface area contributed by atoms with Crippen LogP contribution in [0.4, 0.5) is 0 Å². The Morgan fingerprint density at radius 2 is 1.59 bits per heavy atom. The van der Waals surface area contributed by atoms with Crippen LogP contribution in [0.2, 0.25) is 0 Å². The number of carbonyl (C=O) groups excluding carboxylic acids is 3. The van der Waals surface area contributed by atoms with Crippen molar-refractivity contribution in [2.75, 3.05) is 13.1 Å². The highest BCUT2D eigenvalue weighted by Crippen LogP contribution is 2.25. The minimum atomic E-state index is -0.582. The Balaban J connectivity index is 1.40. The number of carbonyl (C=O) groups is 3. The van der Waals surface area contributed by atoms with Crippen molar-refractivity contribution in [2.24, 2.45) is 5.92 Å². The summed E-state index contributed by atoms with van der Waals surface area (Å²) >= 11 is 0. The zero-order valence-corrected chi connectivity index (χ0v) is 14.8. The van der Waals surface area contributed by atoms with Gasteiger partial charge in [-0.3, -0.25) is 14.5 Å². The van der Waals surface area contributed by atoms with E-state index in [4.69, 9.17) is 4.84 Å². The number of rotatable bonds is 4. The molecule has 0 bridgehead atoms. The molecule has 0 aromatic heterocycles. The fourth-order valence-corrected chi connectivity index (χ4v) is 3.65. The normalized spacial score (nSPS) is 19.9. The molecule has 2 aliphatic rings. The standard InChI is InChI=1S/C21H20N2O4/c24-19-17-10-4-5-11-18(17)20(25)23(19)27-21(26)16-9-6-12-22(14-16)13-15-7-2-1-3-8-15/h1-5,7-8,10-11,16H,6,9,12-14H2. The van der Waals surface area contributed by atoms with Gasteiger partial charge in [0.05, 0.1) is 17.0 Å². The number of amides is 2. The quantitative estimate of drug-likeness (QED) is 0.781. The summed E-state index contributed by atoms with van der Waals surface area (Å²) in [6, 6.07) is 16.6. The van der Waals surface area contributed by atoms with E-state index in [0.717, 1.165) is 19.5 Å². The molecule has 2 amide bonds. The van der Waals surface area contributed by atoms with Crippen LogP contribution in [0.3, 0.4) is 0 Å². The van der Waals surface area contributed by atoms with E-state index in [1.807, 2.05) is 18.2 Å². The molecule has 138 valence electrons. The molecule has 0 saturated carbocycles. The van der Waals surface area contributed by atoms with E-state index in [-0.39, 0.29) is 17.0 Å². The lowest BCUT2D eigenvalue weighted by Gasteiger charge is -2.31. The van der Waals surface area contributed by atoms with Gasteiger partial charge in [-0.1, -0.05) is 47.5 Å². The summed E-state index contributed by atoms with van der Waals surface area (Å²) in [5.41, 5.74) is 1.72. The number of hydrogen-bond donors (Lipinski definition) is 0. The van der Waals surface area contributed by atoms with Gasteiger partial charge in [0.1, 0.15) is 0 Å². The first-order valence-electron chi connectivity index (χ1n) is 9.09. The number of likely N-dealkylation sites (tertiary alicyclic amines) is 1. The molecule has 2 aromatic rings. The topological polar surface area (TPSA) is 66.9 Å². The number of nitrogens with zero attached hydrogens (tertiary/aromatic N) is 2. The van der Waals surface area contributed by atoms with Crippen molar-refractivity contribution in [2.45, 2.75) is 19.4 Å². The summed E-state index contributed by atoms with van der Waals surface area (Å²) in [4.78, 5) is 44.7. The van der Waals surface area contributed by atoms with Crippen LogP contribution in [0.15, 0.2) is 54.6 Å². The van der Waals surface area contributed by atoms with Crippen molar-refractivity contribution in [3.63, 3.8) is 0 Å². The number of benzene rings is 2. The molecule has 2 heterocycles. The third kappa shape index (κ3) is 3.48. The van der Waals surface area contributed by atoms with Gasteiger partial charge in [0.2, 0.25) is 0 Å². The summed E-state index contributed by atoms with van der Waals surface area (Å²) in [5, 5.41) is 0.600. The van der Waals surface area contributed by atoms with Crippen molar-refractivity contribution in [3.05, 3.63) is 71.3 Å². The van der Waals surface area contributed by atoms with Crippen molar-refractivity contribution in [1.82, 2.24) is 9.96 Å². The van der Waals surface area contributed by atoms with E-state index in [1.54, 1.807) is 24.3 Å². The SMILES string of the molecule is O=C(ON1C(=O)c2ccccc2C1=O)C1CCCN(Cc2ccccc2)C1. The predicted molar refractivity (Wildman–Crippen MR) is 97.5 cm³/mol. The molecule has 4 rings (SSSR count). The molecule has 6 nitrogen and oxygen atoms in total. The van der Waals surface area contributed by atoms with Crippen LogP contribution >= 0.6 is 0 Å². The first-order valence-corrected chi connectivity index (χ1v) is 9.09. The summed E-state index contributed by atoms with van der Waals surface area (Å²) in [7, 11) is 0. The Bertz CT molecular complexity index is 846. The van der Waals surface area contributed by atoms with E-state index < -0.39 is 17.8 Å². The summed E-state index contributed by atoms with van der Waals surface area (Å²) in [6.07, 6.45) is 1.56. The van der Waals surface area contributed by atoms with Crippen molar-refractivity contribution < 1.29 is 19.2 Å². The molecule has 2 aromatic carbocycles. The highest BCUT2D eigenvalue weighted by Gasteiger charge is 2.40. The largest absolute Gasteiger partial charge is 0.337 e. The zero-order valence-electron chi connectivity index (χ0n) is 14.8. The van der Waals surface area contributed by atoms with Gasteiger partial charge in [0.25, 0.3) is 11.8 Å². The van der Waals surface area contributed by atoms with Crippen LogP contribution in [0.1, 0.15) is 39.1 Å². The van der Waals surface area contributed by atoms with Crippen LogP contribution in [0.5, 0.6) is 0 Å². The molecule has 1 atom stereocenters. The maximum absolute atomic E-state index is 12.6. The lowest BCUT2D eigenvalue weighted by Crippen LogP contribution is -2.42. The maximum Gasteiger partial charge on any atom is 0.337 e. The van der Waals surface area contributed by atoms with Crippen molar-refractivity contribution >= 4 is 17.8 Å². The van der Waals surface area contributed by atoms with Gasteiger partial charge in [-0.05, 0) is 37.1 Å². The second-order valence-electron chi connectivity index (χ2n) is 6.92. The summed E-state index contributed by atoms with van der Waals surface area (Å²) in [5.74, 6) is -2.05. The number of fused-ring (bicyclic) bond motifs is 1. The molecule has 0 radical (unpaired) electrons. The third-order valence-electron chi connectivity index (χ3n) is 5.03. The van der Waals surface area contributed by atoms with Gasteiger partial charge in [0, 0.05) is 13.1 Å². The molecule has 0 spiro atoms. The molecule has 6 heteroatoms. The Labute approximate surface area is 157 Å². The molecule has 1 fully saturated rings. The van der Waals surface area contributed by atoms with Gasteiger partial charge in [-0.25, -0.2) is 4.79 Å². The van der Waals surface area contributed by atoms with Crippen LogP contribution in [0.25, 0.3) is 0 Å². The summed E-state index contributed by atoms with van der Waals surface area (Å²) < 4.78 is 0. The van der Waals surface area contributed by atoms with Gasteiger partial charge in [0.15, 0.2) is 0 Å². The smallest absolute Gasteiger partial charge is 0.329 e. The number of piperidine rings is 1. The second-order valence-corrected chi connectivity index (χ2v) is 6.92. The average Bonchev–Trinajstić information content (AvgIpc) is 2.94. The second kappa shape index (κ2) is 7.32. The van der Waals surface area contributed by atoms with E-state index in [9.17, 15) is 14.4 Å². The third-order valence-corrected chi connectivity index (χ3v) is 5.03. The van der Waals surface area contributed by atoms with Crippen molar-refractivity contribution in [1.29, 1.82) is 0 Å². The molecular weight excluding hydrogens is 344 g/mol. The Hall–Kier alpha value is -2.99. The zero-order chi connectivity index (χ0) is 18.8. The van der Waals surface area contributed by atoms with E-state index in [1.165, 1.54) is 5.56 Å². The Kier molecular flexibility index (Phi) is 4.73. The van der Waals surface area contributed by atoms with Gasteiger partial charge < -0.3 is 4.84 Å². The van der Waals surface area contributed by atoms with E-state index in [2.05, 4.69) is 17.0 Å². The molecule has 0 N–H and O–H groups in total. The molecule has 1 saturated heterocycles. The molecule has 0 aliphatic carbocycles. The molecule has 2 aliphatic heterocycles. The Morgan fingerprint density at radius 3 is 2.26 bits per heavy atom. The van der Waals surface area contributed by atoms with Crippen molar-refractivity contribution in [3.8, 4) is 0 Å². The van der Waals surface area contributed by atoms with E-state index in [0.29, 0.717) is 18.0 Å². The van der Waals surface area contributed by atoms with Gasteiger partial charge in [-0.2, -0.15) is 0 Å². The molecule has 1 unspecified atom stereocenters. The maximum atomic E-state index is 12.6. The Morgan fingerprint density at radius 1 is 0.963 bits per heavy atom. The van der Waals surface area contributed by atoms with Crippen LogP contribution in [0, 0.1) is 5.92 Å². The molecular formula is C21H20N2O4. The minimum absolute atomic E-state index is 0.268. The first kappa shape index (κ1) is 17.4. The number of hydroxylamine groups is 2. The van der Waals surface area contributed by atoms with Gasteiger partial charge in [-0.15, -0.1) is 0 Å². The number of imide groups is 1. The lowest BCUT2D eigenvalue weighted by molar-refractivity contribution is -0.175. The molecule has 27 heavy (non-hydrogen) atoms. The van der Waals surface area contributed by atoms with Crippen LogP contribution in [-0.2, 0) is 16.2 Å².